The smallest absolute Gasteiger partial charge is 0.381 e. The van der Waals surface area contributed by atoms with Crippen LogP contribution in [0.4, 0.5) is 24.5 Å². The van der Waals surface area contributed by atoms with E-state index in [4.69, 9.17) is 0 Å². The standard InChI is InChI=1S/C11H13F3N2/c1-10(2)6-15-9-5-7(11(12,13)14)3-4-8(9)16-10/h3-5,15-16H,6H2,1-2H3. The van der Waals surface area contributed by atoms with Gasteiger partial charge < -0.3 is 10.6 Å². The van der Waals surface area contributed by atoms with Gasteiger partial charge in [0, 0.05) is 12.1 Å². The first-order valence-corrected chi connectivity index (χ1v) is 5.01. The molecule has 1 heterocycles. The summed E-state index contributed by atoms with van der Waals surface area (Å²) in [6.07, 6.45) is -4.29. The lowest BCUT2D eigenvalue weighted by Gasteiger charge is -2.35. The molecule has 2 N–H and O–H groups in total. The molecular weight excluding hydrogens is 217 g/mol. The third-order valence-electron chi connectivity index (χ3n) is 2.54. The lowest BCUT2D eigenvalue weighted by Crippen LogP contribution is -2.42. The molecule has 0 atom stereocenters. The minimum atomic E-state index is -4.29. The third kappa shape index (κ3) is 2.08. The van der Waals surface area contributed by atoms with E-state index in [1.807, 2.05) is 13.8 Å². The van der Waals surface area contributed by atoms with Gasteiger partial charge in [0.15, 0.2) is 0 Å². The highest BCUT2D eigenvalue weighted by Gasteiger charge is 2.32. The van der Waals surface area contributed by atoms with Crippen molar-refractivity contribution in [1.82, 2.24) is 0 Å². The second-order valence-electron chi connectivity index (χ2n) is 4.62. The summed E-state index contributed by atoms with van der Waals surface area (Å²) in [5, 5.41) is 6.19. The van der Waals surface area contributed by atoms with Crippen LogP contribution in [0.5, 0.6) is 0 Å². The summed E-state index contributed by atoms with van der Waals surface area (Å²) < 4.78 is 37.4. The number of halogens is 3. The number of rotatable bonds is 0. The van der Waals surface area contributed by atoms with Gasteiger partial charge in [-0.15, -0.1) is 0 Å². The van der Waals surface area contributed by atoms with Gasteiger partial charge in [-0.1, -0.05) is 0 Å². The number of alkyl halides is 3. The molecule has 16 heavy (non-hydrogen) atoms. The molecule has 2 nitrogen and oxygen atoms in total. The summed E-state index contributed by atoms with van der Waals surface area (Å²) in [5.41, 5.74) is 0.450. The Kier molecular flexibility index (Phi) is 2.29. The zero-order valence-electron chi connectivity index (χ0n) is 9.07. The normalized spacial score (nSPS) is 18.3. The molecule has 0 spiro atoms. The molecule has 0 saturated carbocycles. The van der Waals surface area contributed by atoms with Crippen molar-refractivity contribution in [3.8, 4) is 0 Å². The van der Waals surface area contributed by atoms with Gasteiger partial charge >= 0.3 is 6.18 Å². The van der Waals surface area contributed by atoms with Crippen molar-refractivity contribution in [2.24, 2.45) is 0 Å². The van der Waals surface area contributed by atoms with E-state index < -0.39 is 11.7 Å². The van der Waals surface area contributed by atoms with Crippen molar-refractivity contribution in [1.29, 1.82) is 0 Å². The molecule has 0 amide bonds. The quantitative estimate of drug-likeness (QED) is 0.714. The predicted octanol–water partition coefficient (Wildman–Crippen LogP) is 3.32. The number of nitrogens with one attached hydrogen (secondary N) is 2. The van der Waals surface area contributed by atoms with Gasteiger partial charge in [-0.2, -0.15) is 13.2 Å². The molecule has 2 rings (SSSR count). The molecule has 1 aliphatic rings. The highest BCUT2D eigenvalue weighted by Crippen LogP contribution is 2.36. The van der Waals surface area contributed by atoms with E-state index in [-0.39, 0.29) is 5.54 Å². The van der Waals surface area contributed by atoms with E-state index in [0.29, 0.717) is 17.9 Å². The molecule has 0 aromatic heterocycles. The Morgan fingerprint density at radius 3 is 2.50 bits per heavy atom. The molecule has 0 fully saturated rings. The summed E-state index contributed by atoms with van der Waals surface area (Å²) in [6, 6.07) is 3.69. The van der Waals surface area contributed by atoms with Gasteiger partial charge in [0.2, 0.25) is 0 Å². The molecule has 5 heteroatoms. The van der Waals surface area contributed by atoms with Crippen molar-refractivity contribution in [2.75, 3.05) is 17.2 Å². The molecule has 0 radical (unpaired) electrons. The second kappa shape index (κ2) is 3.30. The van der Waals surface area contributed by atoms with Gasteiger partial charge in [0.25, 0.3) is 0 Å². The van der Waals surface area contributed by atoms with Gasteiger partial charge in [-0.05, 0) is 32.0 Å². The highest BCUT2D eigenvalue weighted by atomic mass is 19.4. The van der Waals surface area contributed by atoms with E-state index in [2.05, 4.69) is 10.6 Å². The number of hydrogen-bond donors (Lipinski definition) is 2. The maximum absolute atomic E-state index is 12.5. The maximum atomic E-state index is 12.5. The van der Waals surface area contributed by atoms with Gasteiger partial charge in [0.05, 0.1) is 16.9 Å². The van der Waals surface area contributed by atoms with E-state index in [9.17, 15) is 13.2 Å². The first kappa shape index (κ1) is 11.1. The first-order chi connectivity index (χ1) is 7.28. The van der Waals surface area contributed by atoms with Crippen LogP contribution >= 0.6 is 0 Å². The molecule has 0 saturated heterocycles. The first-order valence-electron chi connectivity index (χ1n) is 5.01. The number of hydrogen-bond acceptors (Lipinski definition) is 2. The van der Waals surface area contributed by atoms with E-state index >= 15 is 0 Å². The van der Waals surface area contributed by atoms with Crippen LogP contribution in [0.2, 0.25) is 0 Å². The Morgan fingerprint density at radius 2 is 1.88 bits per heavy atom. The van der Waals surface area contributed by atoms with Gasteiger partial charge in [0.1, 0.15) is 0 Å². The van der Waals surface area contributed by atoms with Crippen molar-refractivity contribution < 1.29 is 13.2 Å². The summed E-state index contributed by atoms with van der Waals surface area (Å²) in [4.78, 5) is 0. The van der Waals surface area contributed by atoms with Crippen LogP contribution in [0.15, 0.2) is 18.2 Å². The lowest BCUT2D eigenvalue weighted by atomic mass is 10.0. The zero-order chi connectivity index (χ0) is 12.0. The van der Waals surface area contributed by atoms with Crippen LogP contribution in [-0.2, 0) is 6.18 Å². The van der Waals surface area contributed by atoms with Crippen molar-refractivity contribution in [3.63, 3.8) is 0 Å². The molecule has 0 bridgehead atoms. The van der Waals surface area contributed by atoms with Crippen molar-refractivity contribution >= 4 is 11.4 Å². The summed E-state index contributed by atoms with van der Waals surface area (Å²) in [6.45, 7) is 4.57. The Morgan fingerprint density at radius 1 is 1.19 bits per heavy atom. The molecule has 0 aliphatic carbocycles. The van der Waals surface area contributed by atoms with Gasteiger partial charge in [-0.3, -0.25) is 0 Å². The summed E-state index contributed by atoms with van der Waals surface area (Å²) in [7, 11) is 0. The average Bonchev–Trinajstić information content (AvgIpc) is 2.14. The summed E-state index contributed by atoms with van der Waals surface area (Å²) in [5.74, 6) is 0. The number of benzene rings is 1. The van der Waals surface area contributed by atoms with Crippen LogP contribution in [0.1, 0.15) is 19.4 Å². The maximum Gasteiger partial charge on any atom is 0.416 e. The lowest BCUT2D eigenvalue weighted by molar-refractivity contribution is -0.137. The van der Waals surface area contributed by atoms with E-state index in [1.54, 1.807) is 0 Å². The van der Waals surface area contributed by atoms with E-state index in [0.717, 1.165) is 12.1 Å². The largest absolute Gasteiger partial charge is 0.416 e. The fraction of sp³-hybridized carbons (Fsp3) is 0.455. The number of fused-ring (bicyclic) bond motifs is 1. The van der Waals surface area contributed by atoms with Crippen LogP contribution in [-0.4, -0.2) is 12.1 Å². The van der Waals surface area contributed by atoms with Crippen molar-refractivity contribution in [2.45, 2.75) is 25.6 Å². The molecule has 1 aromatic rings. The van der Waals surface area contributed by atoms with E-state index in [1.165, 1.54) is 6.07 Å². The fourth-order valence-corrected chi connectivity index (χ4v) is 1.70. The average molecular weight is 230 g/mol. The predicted molar refractivity (Wildman–Crippen MR) is 57.6 cm³/mol. The fourth-order valence-electron chi connectivity index (χ4n) is 1.70. The Bertz CT molecular complexity index is 410. The summed E-state index contributed by atoms with van der Waals surface area (Å²) >= 11 is 0. The van der Waals surface area contributed by atoms with Crippen LogP contribution in [0.3, 0.4) is 0 Å². The number of anilines is 2. The monoisotopic (exact) mass is 230 g/mol. The van der Waals surface area contributed by atoms with Crippen molar-refractivity contribution in [3.05, 3.63) is 23.8 Å². The Balaban J connectivity index is 2.36. The molecule has 1 aromatic carbocycles. The highest BCUT2D eigenvalue weighted by molar-refractivity contribution is 5.73. The third-order valence-corrected chi connectivity index (χ3v) is 2.54. The Labute approximate surface area is 91.8 Å². The van der Waals surface area contributed by atoms with Crippen LogP contribution in [0.25, 0.3) is 0 Å². The molecule has 0 unspecified atom stereocenters. The Hall–Kier alpha value is -1.39. The molecular formula is C11H13F3N2. The topological polar surface area (TPSA) is 24.1 Å². The zero-order valence-corrected chi connectivity index (χ0v) is 9.07. The minimum absolute atomic E-state index is 0.146. The molecule has 88 valence electrons. The SMILES string of the molecule is CC1(C)CNc2cc(C(F)(F)F)ccc2N1. The minimum Gasteiger partial charge on any atom is -0.381 e. The second-order valence-corrected chi connectivity index (χ2v) is 4.62. The molecule has 1 aliphatic heterocycles. The van der Waals surface area contributed by atoms with Gasteiger partial charge in [-0.25, -0.2) is 0 Å². The van der Waals surface area contributed by atoms with Crippen LogP contribution in [0, 0.1) is 0 Å². The van der Waals surface area contributed by atoms with Crippen LogP contribution < -0.4 is 10.6 Å².